The molecule has 16 aromatic carbocycles. The first-order chi connectivity index (χ1) is 53.4. The van der Waals surface area contributed by atoms with E-state index in [9.17, 15) is 9.59 Å². The third-order valence-corrected chi connectivity index (χ3v) is 22.0. The molecule has 16 aromatic rings. The molecule has 0 unspecified atom stereocenters. The molecule has 110 heavy (non-hydrogen) atoms. The Morgan fingerprint density at radius 1 is 0.264 bits per heavy atom. The summed E-state index contributed by atoms with van der Waals surface area (Å²) in [4.78, 5) is 91.4. The van der Waals surface area contributed by atoms with Gasteiger partial charge in [-0.3, -0.25) is 28.8 Å². The summed E-state index contributed by atoms with van der Waals surface area (Å²) in [5.41, 5.74) is 8.15. The van der Waals surface area contributed by atoms with Gasteiger partial charge in [0.2, 0.25) is 0 Å². The number of carbonyl (C=O) groups is 6. The van der Waals surface area contributed by atoms with E-state index in [1.165, 1.54) is 9.80 Å². The number of carbonyl (C=O) groups excluding carboxylic acids is 6. The van der Waals surface area contributed by atoms with Gasteiger partial charge in [-0.2, -0.15) is 0 Å². The van der Waals surface area contributed by atoms with Crippen LogP contribution in [-0.2, 0) is 0 Å². The van der Waals surface area contributed by atoms with Gasteiger partial charge in [-0.05, 0) is 221 Å². The van der Waals surface area contributed by atoms with Crippen molar-refractivity contribution in [1.29, 1.82) is 0 Å². The zero-order valence-corrected chi connectivity index (χ0v) is 62.0. The van der Waals surface area contributed by atoms with Gasteiger partial charge in [-0.25, -0.2) is 9.80 Å². The summed E-state index contributed by atoms with van der Waals surface area (Å²) < 4.78 is 39.9. The summed E-state index contributed by atoms with van der Waals surface area (Å²) in [6.07, 6.45) is 1.55. The van der Waals surface area contributed by atoms with E-state index in [-0.39, 0.29) is 45.9 Å². The van der Waals surface area contributed by atoms with Crippen LogP contribution in [-0.4, -0.2) is 50.4 Å². The number of anilines is 2. The predicted molar refractivity (Wildman–Crippen MR) is 436 cm³/mol. The molecule has 0 spiro atoms. The molecule has 18 rings (SSSR count). The van der Waals surface area contributed by atoms with Crippen molar-refractivity contribution in [1.82, 2.24) is 0 Å². The van der Waals surface area contributed by atoms with Crippen LogP contribution < -0.4 is 38.2 Å². The number of rotatable bonds is 19. The van der Waals surface area contributed by atoms with E-state index in [0.717, 1.165) is 89.0 Å². The maximum Gasteiger partial charge on any atom is 0.266 e. The van der Waals surface area contributed by atoms with E-state index in [1.807, 2.05) is 109 Å². The number of methoxy groups -OCH3 is 2. The number of para-hydroxylation sites is 2. The number of hydrogen-bond donors (Lipinski definition) is 0. The molecule has 0 aromatic heterocycles. The molecular weight excluding hydrogens is 1370 g/mol. The second-order valence-corrected chi connectivity index (χ2v) is 29.7. The Morgan fingerprint density at radius 3 is 0.791 bits per heavy atom. The minimum atomic E-state index is -0.506. The molecule has 2 heterocycles. The van der Waals surface area contributed by atoms with Gasteiger partial charge in [0.1, 0.15) is 70.1 Å². The Balaban J connectivity index is 0.932. The highest BCUT2D eigenvalue weighted by molar-refractivity contribution is 6.47. The van der Waals surface area contributed by atoms with Crippen molar-refractivity contribution in [2.75, 3.05) is 24.0 Å². The van der Waals surface area contributed by atoms with E-state index >= 15 is 19.2 Å². The van der Waals surface area contributed by atoms with Crippen molar-refractivity contribution in [2.45, 2.75) is 79.1 Å². The lowest BCUT2D eigenvalue weighted by Crippen LogP contribution is -2.42. The monoisotopic (exact) mass is 1440 g/mol. The third-order valence-electron chi connectivity index (χ3n) is 22.0. The minimum Gasteiger partial charge on any atom is -0.497 e. The minimum absolute atomic E-state index is 0.0654. The van der Waals surface area contributed by atoms with E-state index in [4.69, 9.17) is 28.4 Å². The maximum atomic E-state index is 16.1. The molecule has 14 heteroatoms. The van der Waals surface area contributed by atoms with E-state index in [2.05, 4.69) is 91.8 Å². The molecule has 0 N–H and O–H groups in total. The summed E-state index contributed by atoms with van der Waals surface area (Å²) in [6.45, 7) is 16.5. The van der Waals surface area contributed by atoms with Crippen molar-refractivity contribution >= 4 is 134 Å². The molecule has 0 saturated heterocycles. The van der Waals surface area contributed by atoms with Gasteiger partial charge in [0, 0.05) is 54.2 Å². The van der Waals surface area contributed by atoms with Crippen molar-refractivity contribution < 1.29 is 57.2 Å². The van der Waals surface area contributed by atoms with Crippen molar-refractivity contribution in [3.05, 3.63) is 274 Å². The molecule has 0 radical (unpaired) electrons. The molecule has 0 bridgehead atoms. The van der Waals surface area contributed by atoms with Crippen molar-refractivity contribution in [3.63, 3.8) is 0 Å². The third kappa shape index (κ3) is 10.5. The van der Waals surface area contributed by atoms with Gasteiger partial charge in [0.05, 0.1) is 47.8 Å². The molecule has 538 valence electrons. The lowest BCUT2D eigenvalue weighted by molar-refractivity contribution is 0.0877. The molecule has 0 saturated carbocycles. The van der Waals surface area contributed by atoms with Crippen molar-refractivity contribution in [3.8, 4) is 68.6 Å². The zero-order valence-electron chi connectivity index (χ0n) is 62.0. The smallest absolute Gasteiger partial charge is 0.266 e. The Labute approximate surface area is 633 Å². The van der Waals surface area contributed by atoms with E-state index in [1.54, 1.807) is 87.0 Å². The number of hydrogen-bond acceptors (Lipinski definition) is 12. The molecule has 0 aliphatic carbocycles. The summed E-state index contributed by atoms with van der Waals surface area (Å²) in [6, 6.07) is 67.9. The summed E-state index contributed by atoms with van der Waals surface area (Å²) >= 11 is 0. The van der Waals surface area contributed by atoms with E-state index in [0.29, 0.717) is 123 Å². The first kappa shape index (κ1) is 68.4. The summed E-state index contributed by atoms with van der Waals surface area (Å²) in [5.74, 6) is 2.07. The normalized spacial score (nSPS) is 13.1. The first-order valence-electron chi connectivity index (χ1n) is 37.0. The quantitative estimate of drug-likeness (QED) is 0.0326. The lowest BCUT2D eigenvalue weighted by Gasteiger charge is -2.33. The number of benzene rings is 16. The van der Waals surface area contributed by atoms with E-state index < -0.39 is 23.6 Å². The first-order valence-corrected chi connectivity index (χ1v) is 37.0. The highest BCUT2D eigenvalue weighted by Crippen LogP contribution is 2.58. The van der Waals surface area contributed by atoms with Gasteiger partial charge in [-0.15, -0.1) is 0 Å². The van der Waals surface area contributed by atoms with Crippen LogP contribution in [0, 0.1) is 0 Å². The lowest BCUT2D eigenvalue weighted by atomic mass is 9.80. The summed E-state index contributed by atoms with van der Waals surface area (Å²) in [7, 11) is 3.20. The number of nitrogens with zero attached hydrogens (tertiary/aromatic N) is 2. The number of fused-ring (bicyclic) bond motifs is 4. The van der Waals surface area contributed by atoms with Crippen LogP contribution in [0.3, 0.4) is 0 Å². The fourth-order valence-electron chi connectivity index (χ4n) is 17.0. The molecule has 0 fully saturated rings. The SMILES string of the molecule is COc1ccc(Oc2cc3c4c(cc(Oc5ccc(C=O)cc5)c5c6cccc7c(-c8ccc9c%10c(Oc%11ccc(OC)cc%11)cc%11c%12c(cc(Oc%13ccc(C=O)cc%13)c(c%13cccc8c%139)c%12%10)C(=O)N(c8c(C(C)C)cccc8C(C)C)C%11=O)ccc(c2c45)c76)C(=O)N(c2c(C(C)C)cccc2C(C)C)C3=O)cc1. The van der Waals surface area contributed by atoms with Gasteiger partial charge in [0.15, 0.2) is 0 Å². The maximum absolute atomic E-state index is 16.1. The highest BCUT2D eigenvalue weighted by atomic mass is 16.5. The molecule has 0 atom stereocenters. The molecule has 14 nitrogen and oxygen atoms in total. The number of aldehydes is 2. The average molecular weight is 1450 g/mol. The average Bonchev–Trinajstić information content (AvgIpc) is 0.685. The van der Waals surface area contributed by atoms with Gasteiger partial charge in [-0.1, -0.05) is 152 Å². The van der Waals surface area contributed by atoms with Crippen LogP contribution >= 0.6 is 0 Å². The van der Waals surface area contributed by atoms with Crippen LogP contribution in [0.4, 0.5) is 11.4 Å². The van der Waals surface area contributed by atoms with Crippen LogP contribution in [0.15, 0.2) is 218 Å². The summed E-state index contributed by atoms with van der Waals surface area (Å²) in [5, 5.41) is 11.0. The largest absolute Gasteiger partial charge is 0.497 e. The fraction of sp³-hybridized carbons (Fsp3) is 0.146. The second kappa shape index (κ2) is 26.2. The Kier molecular flexibility index (Phi) is 16.3. The number of ether oxygens (including phenoxy) is 6. The standard InChI is InChI=1S/C96H72N2O12/c1-49(2)61-15-11-16-62(50(3)4)91(61)97-93(101)73-43-77(107-57-27-23-53(47-99)24-28-57)85-69-21-13-19-67-65(39-41-71(81(67)69)87-79(45-75(95(97)103)83(73)89(85)87)109-59-35-31-55(105-9)32-36-59)66-40-42-72-82-68(66)20-14-22-70(82)86-78(108-58-29-25-54(48-100)26-30-58)44-74-84-76(46-80(88(72)90(84)86)110-60-37-33-56(106-10)34-38-60)96(104)98(94(74)102)92-63(51(5)6)17-12-18-64(92)52(7)8/h11-52H,1-10H3. The zero-order chi connectivity index (χ0) is 76.0. The van der Waals surface area contributed by atoms with Crippen LogP contribution in [0.1, 0.15) is 163 Å². The fourth-order valence-corrected chi connectivity index (χ4v) is 17.0. The van der Waals surface area contributed by atoms with Gasteiger partial charge < -0.3 is 28.4 Å². The molecule has 2 aliphatic heterocycles. The Morgan fingerprint density at radius 2 is 0.518 bits per heavy atom. The van der Waals surface area contributed by atoms with Crippen LogP contribution in [0.25, 0.3) is 97.3 Å². The molecule has 4 amide bonds. The van der Waals surface area contributed by atoms with Crippen LogP contribution in [0.2, 0.25) is 0 Å². The highest BCUT2D eigenvalue weighted by Gasteiger charge is 2.43. The topological polar surface area (TPSA) is 164 Å². The van der Waals surface area contributed by atoms with Crippen LogP contribution in [0.5, 0.6) is 57.5 Å². The number of imide groups is 2. The number of amides is 4. The molecular formula is C96H72N2O12. The molecule has 2 aliphatic rings. The Hall–Kier alpha value is -13.5. The van der Waals surface area contributed by atoms with Gasteiger partial charge in [0.25, 0.3) is 23.6 Å². The Bertz CT molecular complexity index is 6160. The second-order valence-electron chi connectivity index (χ2n) is 29.7. The predicted octanol–water partition coefficient (Wildman–Crippen LogP) is 24.4. The van der Waals surface area contributed by atoms with Crippen molar-refractivity contribution in [2.24, 2.45) is 0 Å². The van der Waals surface area contributed by atoms with Gasteiger partial charge >= 0.3 is 0 Å².